The quantitative estimate of drug-likeness (QED) is 0.176. The number of carbonyl (C=O) groups is 1. The van der Waals surface area contributed by atoms with E-state index in [4.69, 9.17) is 11.1 Å². The molecule has 0 bridgehead atoms. The number of anilines is 3. The van der Waals surface area contributed by atoms with Crippen LogP contribution < -0.4 is 16.4 Å². The van der Waals surface area contributed by atoms with Crippen molar-refractivity contribution in [1.82, 2.24) is 4.98 Å². The van der Waals surface area contributed by atoms with Crippen LogP contribution in [0.1, 0.15) is 29.3 Å². The maximum Gasteiger partial charge on any atom is 0.255 e. The molecule has 4 aromatic rings. The molecule has 0 saturated carbocycles. The first kappa shape index (κ1) is 23.2. The molecule has 2 aromatic carbocycles. The molecule has 0 saturated heterocycles. The van der Waals surface area contributed by atoms with Gasteiger partial charge in [0.15, 0.2) is 0 Å². The minimum Gasteiger partial charge on any atom is -0.397 e. The number of aromatic nitrogens is 1. The van der Waals surface area contributed by atoms with E-state index in [2.05, 4.69) is 15.6 Å². The maximum atomic E-state index is 12.8. The Hall–Kier alpha value is -3.97. The second-order valence-electron chi connectivity index (χ2n) is 8.20. The highest BCUT2D eigenvalue weighted by Gasteiger charge is 2.11. The number of nitrogens with one attached hydrogen (secondary N) is 3. The minimum atomic E-state index is -0.217. The van der Waals surface area contributed by atoms with Gasteiger partial charge in [0.05, 0.1) is 17.1 Å². The third-order valence-electron chi connectivity index (χ3n) is 5.37. The highest BCUT2D eigenvalue weighted by molar-refractivity contribution is 7.13. The number of amides is 1. The first-order valence-corrected chi connectivity index (χ1v) is 11.9. The van der Waals surface area contributed by atoms with E-state index in [1.165, 1.54) is 0 Å². The molecule has 4 rings (SSSR count). The van der Waals surface area contributed by atoms with Gasteiger partial charge < -0.3 is 21.8 Å². The summed E-state index contributed by atoms with van der Waals surface area (Å²) in [6.07, 6.45) is 4.67. The standard InChI is InChI=1S/C27H27N5OS/c1-18(31-23-4-2-12-30-17-23)14-22(28)15-19-6-8-20(9-7-19)27(33)32-25-16-21(10-11-24(25)29)26-5-3-13-34-26/h2-13,16-18,28,31H,14-15,29H2,1H3,(H,32,33)/t18-/m0/s1. The molecule has 0 aliphatic carbocycles. The lowest BCUT2D eigenvalue weighted by Crippen LogP contribution is -2.20. The zero-order chi connectivity index (χ0) is 23.9. The summed E-state index contributed by atoms with van der Waals surface area (Å²) in [4.78, 5) is 18.0. The van der Waals surface area contributed by atoms with Crippen molar-refractivity contribution >= 4 is 40.0 Å². The van der Waals surface area contributed by atoms with Crippen LogP contribution in [0.25, 0.3) is 10.4 Å². The molecular weight excluding hydrogens is 442 g/mol. The Morgan fingerprint density at radius 3 is 2.65 bits per heavy atom. The van der Waals surface area contributed by atoms with Gasteiger partial charge in [-0.1, -0.05) is 24.3 Å². The van der Waals surface area contributed by atoms with Crippen LogP contribution in [0.2, 0.25) is 0 Å². The smallest absolute Gasteiger partial charge is 0.255 e. The number of hydrogen-bond acceptors (Lipinski definition) is 6. The summed E-state index contributed by atoms with van der Waals surface area (Å²) in [5.41, 5.74) is 11.3. The Bertz CT molecular complexity index is 1250. The van der Waals surface area contributed by atoms with Crippen LogP contribution in [-0.2, 0) is 6.42 Å². The summed E-state index contributed by atoms with van der Waals surface area (Å²) in [6, 6.07) is 21.0. The predicted molar refractivity (Wildman–Crippen MR) is 142 cm³/mol. The molecule has 5 N–H and O–H groups in total. The normalized spacial score (nSPS) is 11.6. The first-order chi connectivity index (χ1) is 16.5. The number of nitrogen functional groups attached to an aromatic ring is 1. The Morgan fingerprint density at radius 2 is 1.94 bits per heavy atom. The second kappa shape index (κ2) is 10.8. The second-order valence-corrected chi connectivity index (χ2v) is 9.15. The summed E-state index contributed by atoms with van der Waals surface area (Å²) in [5, 5.41) is 16.7. The van der Waals surface area contributed by atoms with Crippen molar-refractivity contribution in [3.05, 3.63) is 95.6 Å². The Labute approximate surface area is 203 Å². The van der Waals surface area contributed by atoms with Crippen molar-refractivity contribution < 1.29 is 4.79 Å². The fourth-order valence-electron chi connectivity index (χ4n) is 3.70. The molecule has 6 nitrogen and oxygen atoms in total. The lowest BCUT2D eigenvalue weighted by Gasteiger charge is -2.15. The van der Waals surface area contributed by atoms with Gasteiger partial charge >= 0.3 is 0 Å². The molecular formula is C27H27N5OS. The average Bonchev–Trinajstić information content (AvgIpc) is 3.36. The van der Waals surface area contributed by atoms with Crippen LogP contribution in [0.15, 0.2) is 84.5 Å². The number of carbonyl (C=O) groups excluding carboxylic acids is 1. The topological polar surface area (TPSA) is 104 Å². The van der Waals surface area contributed by atoms with Crippen LogP contribution in [-0.4, -0.2) is 22.6 Å². The van der Waals surface area contributed by atoms with E-state index in [9.17, 15) is 4.79 Å². The summed E-state index contributed by atoms with van der Waals surface area (Å²) < 4.78 is 0. The van der Waals surface area contributed by atoms with Crippen molar-refractivity contribution in [2.45, 2.75) is 25.8 Å². The fraction of sp³-hybridized carbons (Fsp3) is 0.148. The van der Waals surface area contributed by atoms with Crippen LogP contribution in [0, 0.1) is 5.41 Å². The van der Waals surface area contributed by atoms with Gasteiger partial charge in [-0.3, -0.25) is 9.78 Å². The lowest BCUT2D eigenvalue weighted by atomic mass is 10.0. The van der Waals surface area contributed by atoms with Crippen LogP contribution in [0.5, 0.6) is 0 Å². The number of benzene rings is 2. The van der Waals surface area contributed by atoms with Gasteiger partial charge in [-0.2, -0.15) is 0 Å². The zero-order valence-corrected chi connectivity index (χ0v) is 19.7. The highest BCUT2D eigenvalue weighted by atomic mass is 32.1. The van der Waals surface area contributed by atoms with E-state index in [-0.39, 0.29) is 11.9 Å². The number of hydrogen-bond donors (Lipinski definition) is 4. The third kappa shape index (κ3) is 6.08. The Kier molecular flexibility index (Phi) is 7.34. The number of nitrogens with two attached hydrogens (primary N) is 1. The molecule has 2 heterocycles. The van der Waals surface area contributed by atoms with E-state index in [0.717, 1.165) is 21.7 Å². The molecule has 0 unspecified atom stereocenters. The van der Waals surface area contributed by atoms with Crippen LogP contribution in [0.4, 0.5) is 17.1 Å². The maximum absolute atomic E-state index is 12.8. The van der Waals surface area contributed by atoms with E-state index < -0.39 is 0 Å². The molecule has 7 heteroatoms. The van der Waals surface area contributed by atoms with Crippen molar-refractivity contribution in [2.24, 2.45) is 0 Å². The summed E-state index contributed by atoms with van der Waals surface area (Å²) in [5.74, 6) is -0.217. The Balaban J connectivity index is 1.34. The Morgan fingerprint density at radius 1 is 1.12 bits per heavy atom. The van der Waals surface area contributed by atoms with Gasteiger partial charge in [0.2, 0.25) is 0 Å². The SMILES string of the molecule is C[C@@H](CC(=N)Cc1ccc(C(=O)Nc2cc(-c3cccs3)ccc2N)cc1)Nc1cccnc1. The van der Waals surface area contributed by atoms with Crippen molar-refractivity contribution in [2.75, 3.05) is 16.4 Å². The number of thiophene rings is 1. The summed E-state index contributed by atoms with van der Waals surface area (Å²) >= 11 is 1.64. The summed E-state index contributed by atoms with van der Waals surface area (Å²) in [7, 11) is 0. The van der Waals surface area contributed by atoms with Gasteiger partial charge in [0, 0.05) is 47.4 Å². The molecule has 0 aliphatic heterocycles. The molecule has 0 spiro atoms. The fourth-order valence-corrected chi connectivity index (χ4v) is 4.42. The van der Waals surface area contributed by atoms with Gasteiger partial charge in [-0.25, -0.2) is 0 Å². The van der Waals surface area contributed by atoms with E-state index in [0.29, 0.717) is 35.5 Å². The molecule has 0 aliphatic rings. The number of nitrogens with zero attached hydrogens (tertiary/aromatic N) is 1. The lowest BCUT2D eigenvalue weighted by molar-refractivity contribution is 0.102. The zero-order valence-electron chi connectivity index (χ0n) is 18.9. The van der Waals surface area contributed by atoms with Crippen molar-refractivity contribution in [1.29, 1.82) is 5.41 Å². The van der Waals surface area contributed by atoms with Gasteiger partial charge in [-0.15, -0.1) is 11.3 Å². The van der Waals surface area contributed by atoms with Crippen molar-refractivity contribution in [3.8, 4) is 10.4 Å². The average molecular weight is 470 g/mol. The van der Waals surface area contributed by atoms with E-state index >= 15 is 0 Å². The van der Waals surface area contributed by atoms with Crippen LogP contribution in [0.3, 0.4) is 0 Å². The molecule has 2 aromatic heterocycles. The molecule has 1 atom stereocenters. The first-order valence-electron chi connectivity index (χ1n) is 11.0. The molecule has 1 amide bonds. The van der Waals surface area contributed by atoms with Crippen LogP contribution >= 0.6 is 11.3 Å². The molecule has 0 fully saturated rings. The predicted octanol–water partition coefficient (Wildman–Crippen LogP) is 6.10. The molecule has 172 valence electrons. The minimum absolute atomic E-state index is 0.122. The molecule has 0 radical (unpaired) electrons. The number of rotatable bonds is 9. The largest absolute Gasteiger partial charge is 0.397 e. The summed E-state index contributed by atoms with van der Waals surface area (Å²) in [6.45, 7) is 2.05. The van der Waals surface area contributed by atoms with Crippen molar-refractivity contribution in [3.63, 3.8) is 0 Å². The highest BCUT2D eigenvalue weighted by Crippen LogP contribution is 2.30. The van der Waals surface area contributed by atoms with E-state index in [1.807, 2.05) is 66.9 Å². The van der Waals surface area contributed by atoms with E-state index in [1.54, 1.807) is 35.9 Å². The number of pyridine rings is 1. The third-order valence-corrected chi connectivity index (χ3v) is 6.29. The van der Waals surface area contributed by atoms with Gasteiger partial charge in [0.25, 0.3) is 5.91 Å². The molecule has 34 heavy (non-hydrogen) atoms. The van der Waals surface area contributed by atoms with Gasteiger partial charge in [-0.05, 0) is 65.9 Å². The monoisotopic (exact) mass is 469 g/mol. The van der Waals surface area contributed by atoms with Gasteiger partial charge in [0.1, 0.15) is 0 Å².